The molecule has 3 rings (SSSR count). The third-order valence-corrected chi connectivity index (χ3v) is 6.11. The third kappa shape index (κ3) is 6.00. The van der Waals surface area contributed by atoms with Crippen molar-refractivity contribution in [2.75, 3.05) is 10.0 Å². The van der Waals surface area contributed by atoms with Crippen molar-refractivity contribution in [1.29, 1.82) is 0 Å². The Hall–Kier alpha value is -2.51. The van der Waals surface area contributed by atoms with Crippen molar-refractivity contribution in [3.8, 4) is 0 Å². The topological polar surface area (TPSA) is 75.3 Å². The molecular weight excluding hydrogens is 467 g/mol. The number of hydrogen-bond acceptors (Lipinski definition) is 3. The molecule has 3 aromatic carbocycles. The van der Waals surface area contributed by atoms with Crippen LogP contribution in [0.25, 0.3) is 6.08 Å². The molecule has 3 aromatic rings. The van der Waals surface area contributed by atoms with Crippen molar-refractivity contribution >= 4 is 68.2 Å². The first-order valence-corrected chi connectivity index (χ1v) is 11.2. The first-order valence-electron chi connectivity index (χ1n) is 8.55. The Morgan fingerprint density at radius 2 is 1.43 bits per heavy atom. The number of nitrogens with one attached hydrogen (secondary N) is 2. The average molecular weight is 482 g/mol. The lowest BCUT2D eigenvalue weighted by atomic mass is 10.2. The van der Waals surface area contributed by atoms with Gasteiger partial charge in [-0.1, -0.05) is 46.9 Å². The largest absolute Gasteiger partial charge is 0.321 e. The van der Waals surface area contributed by atoms with Crippen LogP contribution in [0.15, 0.2) is 77.7 Å². The summed E-state index contributed by atoms with van der Waals surface area (Å²) in [7, 11) is -3.89. The Morgan fingerprint density at radius 3 is 2.07 bits per heavy atom. The van der Waals surface area contributed by atoms with Crippen LogP contribution >= 0.6 is 34.8 Å². The fourth-order valence-electron chi connectivity index (χ4n) is 2.42. The number of carbonyl (C=O) groups excluding carboxylic acids is 1. The molecule has 0 aliphatic carbocycles. The van der Waals surface area contributed by atoms with E-state index in [1.165, 1.54) is 24.3 Å². The van der Waals surface area contributed by atoms with Gasteiger partial charge in [-0.15, -0.1) is 0 Å². The molecule has 30 heavy (non-hydrogen) atoms. The van der Waals surface area contributed by atoms with Crippen LogP contribution in [-0.4, -0.2) is 14.3 Å². The summed E-state index contributed by atoms with van der Waals surface area (Å²) < 4.78 is 27.7. The van der Waals surface area contributed by atoms with Crippen LogP contribution in [0.4, 0.5) is 11.4 Å². The monoisotopic (exact) mass is 480 g/mol. The second-order valence-electron chi connectivity index (χ2n) is 6.13. The van der Waals surface area contributed by atoms with Crippen LogP contribution in [0.5, 0.6) is 0 Å². The molecule has 0 spiro atoms. The minimum absolute atomic E-state index is 0.0566. The van der Waals surface area contributed by atoms with Crippen LogP contribution in [0.3, 0.4) is 0 Å². The maximum atomic E-state index is 12.6. The lowest BCUT2D eigenvalue weighted by Crippen LogP contribution is -2.14. The van der Waals surface area contributed by atoms with Gasteiger partial charge >= 0.3 is 0 Å². The number of hydrogen-bond donors (Lipinski definition) is 2. The van der Waals surface area contributed by atoms with Crippen LogP contribution in [0.2, 0.25) is 15.1 Å². The fraction of sp³-hybridized carbons (Fsp3) is 0. The standard InChI is InChI=1S/C21H15Cl3N2O3S/c22-15-4-1-14(2-5-15)3-12-21(27)25-20-13-18(10-11-19(20)24)30(28,29)26-17-8-6-16(23)7-9-17/h1-13,26H,(H,25,27). The summed E-state index contributed by atoms with van der Waals surface area (Å²) in [5.41, 5.74) is 1.30. The molecule has 0 atom stereocenters. The van der Waals surface area contributed by atoms with Crippen molar-refractivity contribution in [3.05, 3.63) is 93.4 Å². The second kappa shape index (κ2) is 9.53. The minimum atomic E-state index is -3.89. The van der Waals surface area contributed by atoms with E-state index in [0.717, 1.165) is 5.56 Å². The van der Waals surface area contributed by atoms with E-state index in [1.54, 1.807) is 54.6 Å². The van der Waals surface area contributed by atoms with Gasteiger partial charge in [0.25, 0.3) is 10.0 Å². The van der Waals surface area contributed by atoms with Gasteiger partial charge in [-0.3, -0.25) is 9.52 Å². The molecule has 5 nitrogen and oxygen atoms in total. The highest BCUT2D eigenvalue weighted by Gasteiger charge is 2.17. The summed E-state index contributed by atoms with van der Waals surface area (Å²) in [6.45, 7) is 0. The van der Waals surface area contributed by atoms with E-state index in [-0.39, 0.29) is 15.6 Å². The van der Waals surface area contributed by atoms with Crippen LogP contribution in [0.1, 0.15) is 5.56 Å². The molecule has 154 valence electrons. The molecule has 0 bridgehead atoms. The fourth-order valence-corrected chi connectivity index (χ4v) is 3.92. The zero-order chi connectivity index (χ0) is 21.7. The minimum Gasteiger partial charge on any atom is -0.321 e. The van der Waals surface area contributed by atoms with Gasteiger partial charge < -0.3 is 5.32 Å². The molecule has 2 N–H and O–H groups in total. The molecule has 0 radical (unpaired) electrons. The molecule has 0 heterocycles. The van der Waals surface area contributed by atoms with Crippen molar-refractivity contribution < 1.29 is 13.2 Å². The van der Waals surface area contributed by atoms with Gasteiger partial charge in [0.15, 0.2) is 0 Å². The normalized spacial score (nSPS) is 11.4. The summed E-state index contributed by atoms with van der Waals surface area (Å²) in [6.07, 6.45) is 2.91. The van der Waals surface area contributed by atoms with E-state index >= 15 is 0 Å². The predicted molar refractivity (Wildman–Crippen MR) is 123 cm³/mol. The van der Waals surface area contributed by atoms with E-state index in [0.29, 0.717) is 15.7 Å². The predicted octanol–water partition coefficient (Wildman–Crippen LogP) is 6.10. The molecule has 0 aliphatic rings. The molecule has 0 aliphatic heterocycles. The Kier molecular flexibility index (Phi) is 7.05. The van der Waals surface area contributed by atoms with Crippen molar-refractivity contribution in [2.24, 2.45) is 0 Å². The summed E-state index contributed by atoms with van der Waals surface area (Å²) in [4.78, 5) is 12.2. The smallest absolute Gasteiger partial charge is 0.261 e. The second-order valence-corrected chi connectivity index (χ2v) is 9.09. The quantitative estimate of drug-likeness (QED) is 0.418. The highest BCUT2D eigenvalue weighted by Crippen LogP contribution is 2.27. The van der Waals surface area contributed by atoms with Gasteiger partial charge in [0, 0.05) is 21.8 Å². The molecule has 0 saturated carbocycles. The SMILES string of the molecule is O=C(C=Cc1ccc(Cl)cc1)Nc1cc(S(=O)(=O)Nc2ccc(Cl)cc2)ccc1Cl. The van der Waals surface area contributed by atoms with Crippen LogP contribution in [-0.2, 0) is 14.8 Å². The molecule has 0 fully saturated rings. The first-order chi connectivity index (χ1) is 14.2. The lowest BCUT2D eigenvalue weighted by molar-refractivity contribution is -0.111. The van der Waals surface area contributed by atoms with E-state index in [1.807, 2.05) is 0 Å². The van der Waals surface area contributed by atoms with Gasteiger partial charge in [0.2, 0.25) is 5.91 Å². The molecular formula is C21H15Cl3N2O3S. The zero-order valence-electron chi connectivity index (χ0n) is 15.3. The van der Waals surface area contributed by atoms with E-state index < -0.39 is 15.9 Å². The number of carbonyl (C=O) groups is 1. The Bertz CT molecular complexity index is 1190. The highest BCUT2D eigenvalue weighted by molar-refractivity contribution is 7.92. The van der Waals surface area contributed by atoms with Crippen LogP contribution < -0.4 is 10.0 Å². The van der Waals surface area contributed by atoms with Gasteiger partial charge in [-0.05, 0) is 66.2 Å². The summed E-state index contributed by atoms with van der Waals surface area (Å²) >= 11 is 17.8. The molecule has 9 heteroatoms. The van der Waals surface area contributed by atoms with Crippen molar-refractivity contribution in [1.82, 2.24) is 0 Å². The van der Waals surface area contributed by atoms with E-state index in [4.69, 9.17) is 34.8 Å². The Labute approximate surface area is 189 Å². The van der Waals surface area contributed by atoms with E-state index in [9.17, 15) is 13.2 Å². The maximum Gasteiger partial charge on any atom is 0.261 e. The molecule has 0 aromatic heterocycles. The molecule has 1 amide bonds. The zero-order valence-corrected chi connectivity index (χ0v) is 18.4. The first kappa shape index (κ1) is 22.2. The van der Waals surface area contributed by atoms with Crippen LogP contribution in [0, 0.1) is 0 Å². The maximum absolute atomic E-state index is 12.6. The number of amides is 1. The summed E-state index contributed by atoms with van der Waals surface area (Å²) in [5, 5.41) is 3.86. The lowest BCUT2D eigenvalue weighted by Gasteiger charge is -2.11. The Balaban J connectivity index is 1.76. The van der Waals surface area contributed by atoms with Gasteiger partial charge in [0.05, 0.1) is 15.6 Å². The van der Waals surface area contributed by atoms with Gasteiger partial charge in [-0.25, -0.2) is 8.42 Å². The summed E-state index contributed by atoms with van der Waals surface area (Å²) in [6, 6.07) is 17.2. The van der Waals surface area contributed by atoms with E-state index in [2.05, 4.69) is 10.0 Å². The number of anilines is 2. The number of benzene rings is 3. The van der Waals surface area contributed by atoms with Crippen molar-refractivity contribution in [3.63, 3.8) is 0 Å². The summed E-state index contributed by atoms with van der Waals surface area (Å²) in [5.74, 6) is -0.466. The number of sulfonamides is 1. The Morgan fingerprint density at radius 1 is 0.833 bits per heavy atom. The van der Waals surface area contributed by atoms with Crippen molar-refractivity contribution in [2.45, 2.75) is 4.90 Å². The van der Waals surface area contributed by atoms with Gasteiger partial charge in [0.1, 0.15) is 0 Å². The third-order valence-electron chi connectivity index (χ3n) is 3.90. The van der Waals surface area contributed by atoms with Gasteiger partial charge in [-0.2, -0.15) is 0 Å². The molecule has 0 saturated heterocycles. The average Bonchev–Trinajstić information content (AvgIpc) is 2.70. The molecule has 0 unspecified atom stereocenters. The number of rotatable bonds is 6. The highest BCUT2D eigenvalue weighted by atomic mass is 35.5. The number of halogens is 3.